The lowest BCUT2D eigenvalue weighted by molar-refractivity contribution is -0.138. The van der Waals surface area contributed by atoms with E-state index in [1.54, 1.807) is 0 Å². The van der Waals surface area contributed by atoms with Gasteiger partial charge >= 0.3 is 0 Å². The van der Waals surface area contributed by atoms with E-state index in [1.807, 2.05) is 0 Å². The smallest absolute Gasteiger partial charge is 0.239 e. The molecule has 1 N–H and O–H groups in total. The van der Waals surface area contributed by atoms with Crippen molar-refractivity contribution in [2.24, 2.45) is 11.3 Å². The van der Waals surface area contributed by atoms with Crippen LogP contribution in [0, 0.1) is 11.3 Å². The Bertz CT molecular complexity index is 323. The molecule has 0 saturated carbocycles. The lowest BCUT2D eigenvalue weighted by Gasteiger charge is -2.41. The largest absolute Gasteiger partial charge is 0.341 e. The minimum atomic E-state index is 0.0447. The number of carbonyl (C=O) groups excluding carboxylic acids is 1. The van der Waals surface area contributed by atoms with Crippen LogP contribution < -0.4 is 5.32 Å². The van der Waals surface area contributed by atoms with Gasteiger partial charge in [-0.2, -0.15) is 0 Å². The van der Waals surface area contributed by atoms with Crippen molar-refractivity contribution in [1.82, 2.24) is 15.1 Å². The third kappa shape index (κ3) is 3.73. The predicted molar refractivity (Wildman–Crippen MR) is 82.7 cm³/mol. The highest BCUT2D eigenvalue weighted by atomic mass is 16.2. The van der Waals surface area contributed by atoms with Crippen LogP contribution in [0.3, 0.4) is 0 Å². The number of carbonyl (C=O) groups is 1. The first kappa shape index (κ1) is 15.8. The molecule has 0 aromatic heterocycles. The predicted octanol–water partition coefficient (Wildman–Crippen LogP) is 1.56. The number of rotatable bonds is 2. The summed E-state index contributed by atoms with van der Waals surface area (Å²) < 4.78 is 0. The molecule has 1 unspecified atom stereocenters. The zero-order chi connectivity index (χ0) is 14.8. The zero-order valence-electron chi connectivity index (χ0n) is 13.6. The van der Waals surface area contributed by atoms with E-state index in [-0.39, 0.29) is 6.04 Å². The van der Waals surface area contributed by atoms with Crippen molar-refractivity contribution < 1.29 is 4.79 Å². The molecule has 2 rings (SSSR count). The zero-order valence-corrected chi connectivity index (χ0v) is 13.6. The molecule has 0 aromatic rings. The van der Waals surface area contributed by atoms with Gasteiger partial charge < -0.3 is 10.2 Å². The molecular weight excluding hydrogens is 250 g/mol. The molecule has 2 saturated heterocycles. The molecule has 0 spiro atoms. The Hall–Kier alpha value is -0.610. The number of nitrogens with zero attached hydrogens (tertiary/aromatic N) is 2. The van der Waals surface area contributed by atoms with Crippen LogP contribution in [0.25, 0.3) is 0 Å². The fourth-order valence-electron chi connectivity index (χ4n) is 3.46. The van der Waals surface area contributed by atoms with Gasteiger partial charge in [-0.3, -0.25) is 9.69 Å². The van der Waals surface area contributed by atoms with Crippen molar-refractivity contribution in [2.75, 3.05) is 39.3 Å². The van der Waals surface area contributed by atoms with Gasteiger partial charge in [-0.05, 0) is 31.1 Å². The van der Waals surface area contributed by atoms with Gasteiger partial charge in [0.1, 0.15) is 0 Å². The average molecular weight is 281 g/mol. The molecule has 116 valence electrons. The van der Waals surface area contributed by atoms with Crippen LogP contribution in [0.1, 0.15) is 40.5 Å². The fourth-order valence-corrected chi connectivity index (χ4v) is 3.46. The average Bonchev–Trinajstić information content (AvgIpc) is 2.46. The molecule has 20 heavy (non-hydrogen) atoms. The van der Waals surface area contributed by atoms with Crippen molar-refractivity contribution in [2.45, 2.75) is 46.6 Å². The number of amides is 1. The van der Waals surface area contributed by atoms with Gasteiger partial charge in [0.05, 0.1) is 6.04 Å². The highest BCUT2D eigenvalue weighted by Gasteiger charge is 2.33. The highest BCUT2D eigenvalue weighted by molar-refractivity contribution is 5.81. The minimum Gasteiger partial charge on any atom is -0.341 e. The van der Waals surface area contributed by atoms with Gasteiger partial charge in [0.2, 0.25) is 5.91 Å². The first-order valence-corrected chi connectivity index (χ1v) is 8.13. The van der Waals surface area contributed by atoms with Gasteiger partial charge in [0.15, 0.2) is 0 Å². The normalized spacial score (nSPS) is 24.7. The van der Waals surface area contributed by atoms with E-state index in [0.29, 0.717) is 11.3 Å². The number of piperidine rings is 1. The van der Waals surface area contributed by atoms with E-state index in [0.717, 1.165) is 58.0 Å². The van der Waals surface area contributed by atoms with Gasteiger partial charge in [-0.15, -0.1) is 0 Å². The molecule has 1 amide bonds. The molecule has 4 heteroatoms. The Labute approximate surface area is 123 Å². The maximum Gasteiger partial charge on any atom is 0.239 e. The van der Waals surface area contributed by atoms with Crippen LogP contribution in [0.4, 0.5) is 0 Å². The molecule has 2 fully saturated rings. The van der Waals surface area contributed by atoms with Crippen molar-refractivity contribution >= 4 is 5.91 Å². The molecule has 2 heterocycles. The molecule has 0 aliphatic carbocycles. The van der Waals surface area contributed by atoms with E-state index >= 15 is 0 Å². The maximum absolute atomic E-state index is 12.6. The van der Waals surface area contributed by atoms with Crippen molar-refractivity contribution in [1.29, 1.82) is 0 Å². The number of piperazine rings is 1. The fraction of sp³-hybridized carbons (Fsp3) is 0.938. The highest BCUT2D eigenvalue weighted by Crippen LogP contribution is 2.34. The Balaban J connectivity index is 1.85. The molecule has 0 bridgehead atoms. The summed E-state index contributed by atoms with van der Waals surface area (Å²) in [4.78, 5) is 17.0. The van der Waals surface area contributed by atoms with Crippen molar-refractivity contribution in [3.63, 3.8) is 0 Å². The van der Waals surface area contributed by atoms with Crippen LogP contribution in [-0.4, -0.2) is 61.0 Å². The summed E-state index contributed by atoms with van der Waals surface area (Å²) >= 11 is 0. The second kappa shape index (κ2) is 6.44. The lowest BCUT2D eigenvalue weighted by Crippen LogP contribution is -2.54. The lowest BCUT2D eigenvalue weighted by atomic mass is 9.75. The Morgan fingerprint density at radius 1 is 1.10 bits per heavy atom. The van der Waals surface area contributed by atoms with Gasteiger partial charge in [-0.25, -0.2) is 0 Å². The van der Waals surface area contributed by atoms with Crippen molar-refractivity contribution in [3.05, 3.63) is 0 Å². The van der Waals surface area contributed by atoms with E-state index in [2.05, 4.69) is 42.8 Å². The maximum atomic E-state index is 12.6. The standard InChI is InChI=1S/C16H31N3O/c1-13(18-11-7-17-8-12-18)15(20)19-9-5-14(6-10-19)16(2,3)4/h13-14,17H,5-12H2,1-4H3. The van der Waals surface area contributed by atoms with Crippen LogP contribution in [0.2, 0.25) is 0 Å². The number of likely N-dealkylation sites (tertiary alicyclic amines) is 1. The second-order valence-electron chi connectivity index (χ2n) is 7.43. The topological polar surface area (TPSA) is 35.6 Å². The molecule has 1 atom stereocenters. The third-order valence-electron chi connectivity index (χ3n) is 5.09. The molecule has 2 aliphatic heterocycles. The summed E-state index contributed by atoms with van der Waals surface area (Å²) in [6, 6.07) is 0.0447. The summed E-state index contributed by atoms with van der Waals surface area (Å²) in [6.07, 6.45) is 2.31. The molecular formula is C16H31N3O. The SMILES string of the molecule is CC(C(=O)N1CCC(C(C)(C)C)CC1)N1CCNCC1. The first-order valence-electron chi connectivity index (χ1n) is 8.13. The quantitative estimate of drug-likeness (QED) is 0.834. The molecule has 4 nitrogen and oxygen atoms in total. The number of hydrogen-bond acceptors (Lipinski definition) is 3. The van der Waals surface area contributed by atoms with Gasteiger partial charge in [0, 0.05) is 39.3 Å². The summed E-state index contributed by atoms with van der Waals surface area (Å²) in [5, 5.41) is 3.34. The summed E-state index contributed by atoms with van der Waals surface area (Å²) in [5.41, 5.74) is 0.374. The monoisotopic (exact) mass is 281 g/mol. The molecule has 2 aliphatic rings. The van der Waals surface area contributed by atoms with Gasteiger partial charge in [-0.1, -0.05) is 20.8 Å². The van der Waals surface area contributed by atoms with Crippen LogP contribution >= 0.6 is 0 Å². The van der Waals surface area contributed by atoms with Crippen molar-refractivity contribution in [3.8, 4) is 0 Å². The Kier molecular flexibility index (Phi) is 5.08. The third-order valence-corrected chi connectivity index (χ3v) is 5.09. The molecule has 0 radical (unpaired) electrons. The van der Waals surface area contributed by atoms with Crippen LogP contribution in [0.15, 0.2) is 0 Å². The Morgan fingerprint density at radius 2 is 1.65 bits per heavy atom. The summed E-state index contributed by atoms with van der Waals surface area (Å²) in [5.74, 6) is 1.08. The number of nitrogens with one attached hydrogen (secondary N) is 1. The number of hydrogen-bond donors (Lipinski definition) is 1. The summed E-state index contributed by atoms with van der Waals surface area (Å²) in [7, 11) is 0. The first-order chi connectivity index (χ1) is 9.39. The van der Waals surface area contributed by atoms with E-state index in [4.69, 9.17) is 0 Å². The van der Waals surface area contributed by atoms with Gasteiger partial charge in [0.25, 0.3) is 0 Å². The summed E-state index contributed by atoms with van der Waals surface area (Å²) in [6.45, 7) is 14.9. The second-order valence-corrected chi connectivity index (χ2v) is 7.43. The van der Waals surface area contributed by atoms with Crippen LogP contribution in [0.5, 0.6) is 0 Å². The minimum absolute atomic E-state index is 0.0447. The van der Waals surface area contributed by atoms with E-state index in [1.165, 1.54) is 0 Å². The molecule has 0 aromatic carbocycles. The van der Waals surface area contributed by atoms with Crippen LogP contribution in [-0.2, 0) is 4.79 Å². The van der Waals surface area contributed by atoms with E-state index in [9.17, 15) is 4.79 Å². The Morgan fingerprint density at radius 3 is 2.15 bits per heavy atom. The van der Waals surface area contributed by atoms with E-state index < -0.39 is 0 Å².